The molecule has 0 aliphatic carbocycles. The predicted octanol–water partition coefficient (Wildman–Crippen LogP) is 2.79. The summed E-state index contributed by atoms with van der Waals surface area (Å²) >= 11 is 0. The number of hydrogen-bond donors (Lipinski definition) is 1. The van der Waals surface area contributed by atoms with Crippen LogP contribution in [0.4, 0.5) is 4.79 Å². The topological polar surface area (TPSA) is 49.8 Å². The number of aliphatic hydroxyl groups is 1. The predicted molar refractivity (Wildman–Crippen MR) is 71.4 cm³/mol. The lowest BCUT2D eigenvalue weighted by Crippen LogP contribution is -2.49. The van der Waals surface area contributed by atoms with Crippen LogP contribution in [0.3, 0.4) is 0 Å². The quantitative estimate of drug-likeness (QED) is 0.786. The Hall–Kier alpha value is -0.770. The lowest BCUT2D eigenvalue weighted by Gasteiger charge is -2.36. The number of carbonyl (C=O) groups is 1. The summed E-state index contributed by atoms with van der Waals surface area (Å²) in [6.07, 6.45) is 0.940. The first kappa shape index (κ1) is 15.3. The van der Waals surface area contributed by atoms with Crippen molar-refractivity contribution in [3.8, 4) is 0 Å². The van der Waals surface area contributed by atoms with Crippen LogP contribution in [0.2, 0.25) is 0 Å². The van der Waals surface area contributed by atoms with Gasteiger partial charge in [-0.3, -0.25) is 0 Å². The monoisotopic (exact) mass is 257 g/mol. The summed E-state index contributed by atoms with van der Waals surface area (Å²) in [6.45, 7) is 12.2. The molecule has 0 bridgehead atoms. The van der Waals surface area contributed by atoms with Gasteiger partial charge in [0, 0.05) is 6.54 Å². The molecule has 4 heteroatoms. The van der Waals surface area contributed by atoms with Gasteiger partial charge in [0.15, 0.2) is 0 Å². The van der Waals surface area contributed by atoms with Gasteiger partial charge in [-0.25, -0.2) is 4.79 Å². The van der Waals surface area contributed by atoms with Gasteiger partial charge in [-0.15, -0.1) is 0 Å². The number of amides is 1. The van der Waals surface area contributed by atoms with E-state index in [1.54, 1.807) is 4.90 Å². The highest BCUT2D eigenvalue weighted by Gasteiger charge is 2.40. The van der Waals surface area contributed by atoms with Gasteiger partial charge in [-0.2, -0.15) is 0 Å². The van der Waals surface area contributed by atoms with E-state index in [9.17, 15) is 9.90 Å². The lowest BCUT2D eigenvalue weighted by atomic mass is 9.84. The van der Waals surface area contributed by atoms with Gasteiger partial charge in [0.25, 0.3) is 0 Å². The molecule has 0 spiro atoms. The molecule has 1 aliphatic rings. The van der Waals surface area contributed by atoms with Crippen LogP contribution < -0.4 is 0 Å². The number of ether oxygens (including phenoxy) is 1. The summed E-state index contributed by atoms with van der Waals surface area (Å²) in [6, 6.07) is -0.125. The highest BCUT2D eigenvalue weighted by atomic mass is 16.6. The first-order chi connectivity index (χ1) is 8.02. The van der Waals surface area contributed by atoms with Crippen molar-refractivity contribution in [1.82, 2.24) is 4.90 Å². The van der Waals surface area contributed by atoms with Gasteiger partial charge in [-0.1, -0.05) is 20.8 Å². The molecule has 106 valence electrons. The molecule has 1 aliphatic heterocycles. The molecular weight excluding hydrogens is 230 g/mol. The molecule has 1 rings (SSSR count). The Morgan fingerprint density at radius 3 is 2.28 bits per heavy atom. The number of hydrogen-bond acceptors (Lipinski definition) is 3. The Kier molecular flexibility index (Phi) is 4.31. The summed E-state index contributed by atoms with van der Waals surface area (Å²) in [7, 11) is 0. The molecule has 1 saturated heterocycles. The molecule has 1 unspecified atom stereocenters. The number of aliphatic hydroxyl groups excluding tert-OH is 1. The van der Waals surface area contributed by atoms with Gasteiger partial charge < -0.3 is 14.7 Å². The first-order valence-electron chi connectivity index (χ1n) is 6.70. The summed E-state index contributed by atoms with van der Waals surface area (Å²) in [4.78, 5) is 13.8. The Labute approximate surface area is 110 Å². The summed E-state index contributed by atoms with van der Waals surface area (Å²) in [5.74, 6) is 0. The van der Waals surface area contributed by atoms with E-state index in [1.807, 2.05) is 41.5 Å². The molecule has 1 amide bonds. The molecule has 0 saturated carbocycles. The zero-order valence-corrected chi connectivity index (χ0v) is 12.5. The van der Waals surface area contributed by atoms with Crippen LogP contribution in [0.1, 0.15) is 54.4 Å². The summed E-state index contributed by atoms with van der Waals surface area (Å²) in [5.41, 5.74) is -0.716. The summed E-state index contributed by atoms with van der Waals surface area (Å²) in [5, 5.41) is 10.4. The van der Waals surface area contributed by atoms with Gasteiger partial charge in [0.2, 0.25) is 0 Å². The fourth-order valence-electron chi connectivity index (χ4n) is 2.25. The first-order valence-corrected chi connectivity index (χ1v) is 6.70. The van der Waals surface area contributed by atoms with Gasteiger partial charge in [0.1, 0.15) is 5.60 Å². The average molecular weight is 257 g/mol. The second kappa shape index (κ2) is 5.08. The fraction of sp³-hybridized carbons (Fsp3) is 0.929. The molecule has 2 atom stereocenters. The van der Waals surface area contributed by atoms with E-state index in [1.165, 1.54) is 0 Å². The highest BCUT2D eigenvalue weighted by molar-refractivity contribution is 5.69. The Balaban J connectivity index is 2.74. The highest BCUT2D eigenvalue weighted by Crippen LogP contribution is 2.31. The Bertz CT molecular complexity index is 301. The maximum atomic E-state index is 12.1. The van der Waals surface area contributed by atoms with Crippen LogP contribution in [0.25, 0.3) is 0 Å². The minimum Gasteiger partial charge on any atom is -0.444 e. The van der Waals surface area contributed by atoms with Crippen molar-refractivity contribution < 1.29 is 14.6 Å². The van der Waals surface area contributed by atoms with Crippen molar-refractivity contribution in [2.45, 2.75) is 72.1 Å². The van der Waals surface area contributed by atoms with Crippen LogP contribution in [-0.2, 0) is 4.74 Å². The van der Waals surface area contributed by atoms with Crippen LogP contribution >= 0.6 is 0 Å². The van der Waals surface area contributed by atoms with E-state index in [0.29, 0.717) is 6.54 Å². The molecule has 1 N–H and O–H groups in total. The molecule has 1 heterocycles. The maximum Gasteiger partial charge on any atom is 0.410 e. The molecule has 18 heavy (non-hydrogen) atoms. The molecule has 0 radical (unpaired) electrons. The lowest BCUT2D eigenvalue weighted by molar-refractivity contribution is -0.0231. The van der Waals surface area contributed by atoms with E-state index in [4.69, 9.17) is 4.74 Å². The molecule has 0 aromatic heterocycles. The minimum atomic E-state index is -0.521. The van der Waals surface area contributed by atoms with Crippen molar-refractivity contribution in [3.05, 3.63) is 0 Å². The Morgan fingerprint density at radius 2 is 1.83 bits per heavy atom. The van der Waals surface area contributed by atoms with Crippen molar-refractivity contribution in [2.75, 3.05) is 6.54 Å². The van der Waals surface area contributed by atoms with E-state index in [-0.39, 0.29) is 17.6 Å². The molecule has 1 fully saturated rings. The van der Waals surface area contributed by atoms with E-state index in [2.05, 4.69) is 0 Å². The SMILES string of the molecule is CC(C)(C)OC(=O)N1CCC[C@@H]1C(O)C(C)(C)C. The molecular formula is C14H27NO3. The standard InChI is InChI=1S/C14H27NO3/c1-13(2,3)11(16)10-8-7-9-15(10)12(17)18-14(4,5)6/h10-11,16H,7-9H2,1-6H3/t10-,11?/m1/s1. The average Bonchev–Trinajstić information content (AvgIpc) is 2.60. The molecule has 4 nitrogen and oxygen atoms in total. The van der Waals surface area contributed by atoms with Crippen LogP contribution in [0, 0.1) is 5.41 Å². The third kappa shape index (κ3) is 3.87. The normalized spacial score (nSPS) is 23.1. The van der Waals surface area contributed by atoms with E-state index >= 15 is 0 Å². The van der Waals surface area contributed by atoms with E-state index in [0.717, 1.165) is 12.8 Å². The fourth-order valence-corrected chi connectivity index (χ4v) is 2.25. The van der Waals surface area contributed by atoms with Crippen molar-refractivity contribution >= 4 is 6.09 Å². The second-order valence-electron chi connectivity index (χ2n) is 7.19. The van der Waals surface area contributed by atoms with Gasteiger partial charge in [-0.05, 0) is 39.0 Å². The van der Waals surface area contributed by atoms with Crippen LogP contribution in [0.15, 0.2) is 0 Å². The van der Waals surface area contributed by atoms with Gasteiger partial charge >= 0.3 is 6.09 Å². The van der Waals surface area contributed by atoms with Crippen molar-refractivity contribution in [3.63, 3.8) is 0 Å². The third-order valence-electron chi connectivity index (χ3n) is 3.18. The van der Waals surface area contributed by atoms with E-state index < -0.39 is 11.7 Å². The number of nitrogens with zero attached hydrogens (tertiary/aromatic N) is 1. The largest absolute Gasteiger partial charge is 0.444 e. The second-order valence-corrected chi connectivity index (χ2v) is 7.19. The third-order valence-corrected chi connectivity index (χ3v) is 3.18. The zero-order chi connectivity index (χ0) is 14.1. The maximum absolute atomic E-state index is 12.1. The number of likely N-dealkylation sites (tertiary alicyclic amines) is 1. The summed E-state index contributed by atoms with van der Waals surface area (Å²) < 4.78 is 5.39. The Morgan fingerprint density at radius 1 is 1.28 bits per heavy atom. The van der Waals surface area contributed by atoms with Crippen molar-refractivity contribution in [1.29, 1.82) is 0 Å². The minimum absolute atomic E-state index is 0.125. The molecule has 0 aromatic carbocycles. The molecule has 0 aromatic rings. The smallest absolute Gasteiger partial charge is 0.410 e. The number of carbonyl (C=O) groups excluding carboxylic acids is 1. The number of rotatable bonds is 1. The van der Waals surface area contributed by atoms with Crippen LogP contribution in [0.5, 0.6) is 0 Å². The zero-order valence-electron chi connectivity index (χ0n) is 12.5. The van der Waals surface area contributed by atoms with Crippen molar-refractivity contribution in [2.24, 2.45) is 5.41 Å². The van der Waals surface area contributed by atoms with Crippen LogP contribution in [-0.4, -0.2) is 40.4 Å². The van der Waals surface area contributed by atoms with Gasteiger partial charge in [0.05, 0.1) is 12.1 Å².